The third kappa shape index (κ3) is 2.93. The molecule has 0 bridgehead atoms. The lowest BCUT2D eigenvalue weighted by atomic mass is 10.2. The Bertz CT molecular complexity index is 862. The van der Waals surface area contributed by atoms with E-state index in [0.717, 1.165) is 16.4 Å². The summed E-state index contributed by atoms with van der Waals surface area (Å²) in [6.45, 7) is 1.86. The van der Waals surface area contributed by atoms with E-state index in [0.29, 0.717) is 21.9 Å². The van der Waals surface area contributed by atoms with E-state index < -0.39 is 0 Å². The number of imidazole rings is 1. The van der Waals surface area contributed by atoms with Crippen molar-refractivity contribution in [2.24, 2.45) is 0 Å². The van der Waals surface area contributed by atoms with Crippen molar-refractivity contribution < 1.29 is 4.79 Å². The summed E-state index contributed by atoms with van der Waals surface area (Å²) >= 11 is 7.71. The molecule has 0 saturated heterocycles. The lowest BCUT2D eigenvalue weighted by molar-refractivity contribution is 0.102. The molecule has 7 heteroatoms. The smallest absolute Gasteiger partial charge is 0.258 e. The highest BCUT2D eigenvalue weighted by molar-refractivity contribution is 7.98. The maximum absolute atomic E-state index is 12.4. The van der Waals surface area contributed by atoms with Gasteiger partial charge in [-0.15, -0.1) is 0 Å². The molecule has 2 aromatic heterocycles. The summed E-state index contributed by atoms with van der Waals surface area (Å²) in [4.78, 5) is 24.2. The molecule has 2 N–H and O–H groups in total. The number of aromatic amines is 1. The summed E-state index contributed by atoms with van der Waals surface area (Å²) in [6.07, 6.45) is 1.93. The summed E-state index contributed by atoms with van der Waals surface area (Å²) < 4.78 is 0. The molecule has 0 aliphatic carbocycles. The van der Waals surface area contributed by atoms with E-state index in [9.17, 15) is 4.79 Å². The first-order valence-electron chi connectivity index (χ1n) is 6.55. The topological polar surface area (TPSA) is 70.7 Å². The molecule has 0 unspecified atom stereocenters. The third-order valence-electron chi connectivity index (χ3n) is 3.12. The van der Waals surface area contributed by atoms with Crippen LogP contribution in [0.4, 0.5) is 5.82 Å². The Balaban J connectivity index is 1.94. The predicted octanol–water partition coefficient (Wildman–Crippen LogP) is 3.89. The molecule has 1 aromatic carbocycles. The number of carbonyl (C=O) groups is 1. The van der Waals surface area contributed by atoms with Crippen molar-refractivity contribution >= 4 is 46.1 Å². The molecule has 0 aliphatic heterocycles. The van der Waals surface area contributed by atoms with E-state index in [1.165, 1.54) is 11.8 Å². The van der Waals surface area contributed by atoms with E-state index in [1.807, 2.05) is 25.3 Å². The molecule has 3 rings (SSSR count). The van der Waals surface area contributed by atoms with Gasteiger partial charge >= 0.3 is 0 Å². The average Bonchev–Trinajstić information content (AvgIpc) is 2.88. The van der Waals surface area contributed by atoms with E-state index >= 15 is 0 Å². The number of thioether (sulfide) groups is 1. The maximum atomic E-state index is 12.4. The zero-order valence-corrected chi connectivity index (χ0v) is 13.5. The van der Waals surface area contributed by atoms with Crippen LogP contribution in [0.1, 0.15) is 16.1 Å². The number of aryl methyl sites for hydroxylation is 1. The highest BCUT2D eigenvalue weighted by Crippen LogP contribution is 2.25. The number of H-pyrrole nitrogens is 1. The van der Waals surface area contributed by atoms with Gasteiger partial charge in [0.2, 0.25) is 0 Å². The van der Waals surface area contributed by atoms with E-state index in [1.54, 1.807) is 18.2 Å². The number of fused-ring (bicyclic) bond motifs is 1. The molecule has 2 heterocycles. The second kappa shape index (κ2) is 5.98. The van der Waals surface area contributed by atoms with E-state index in [2.05, 4.69) is 20.3 Å². The molecular formula is C15H13ClN4OS. The van der Waals surface area contributed by atoms with Crippen LogP contribution in [0.15, 0.2) is 35.5 Å². The number of rotatable bonds is 3. The fraction of sp³-hybridized carbons (Fsp3) is 0.133. The van der Waals surface area contributed by atoms with Crippen molar-refractivity contribution in [3.63, 3.8) is 0 Å². The lowest BCUT2D eigenvalue weighted by Crippen LogP contribution is -2.13. The molecule has 0 spiro atoms. The van der Waals surface area contributed by atoms with Gasteiger partial charge in [-0.3, -0.25) is 4.79 Å². The molecule has 0 fully saturated rings. The standard InChI is InChI=1S/C15H13ClN4OS/c1-8-4-3-5-13(17-8)20-14(21)9-6-11-12(7-10(9)16)19-15(18-11)22-2/h3-7H,1-2H3,(H,18,19)(H,17,20,21). The fourth-order valence-corrected chi connectivity index (χ4v) is 2.73. The Morgan fingerprint density at radius 2 is 2.14 bits per heavy atom. The van der Waals surface area contributed by atoms with Gasteiger partial charge in [-0.1, -0.05) is 29.4 Å². The van der Waals surface area contributed by atoms with Crippen LogP contribution in [-0.4, -0.2) is 27.1 Å². The lowest BCUT2D eigenvalue weighted by Gasteiger charge is -2.06. The van der Waals surface area contributed by atoms with Gasteiger partial charge in [0.1, 0.15) is 5.82 Å². The maximum Gasteiger partial charge on any atom is 0.258 e. The number of aromatic nitrogens is 3. The van der Waals surface area contributed by atoms with E-state index in [4.69, 9.17) is 11.6 Å². The number of halogens is 1. The Labute approximate surface area is 136 Å². The average molecular weight is 333 g/mol. The van der Waals surface area contributed by atoms with Crippen molar-refractivity contribution in [1.82, 2.24) is 15.0 Å². The molecule has 0 radical (unpaired) electrons. The SMILES string of the molecule is CSc1nc2cc(C(=O)Nc3cccc(C)n3)c(Cl)cc2[nH]1. The minimum Gasteiger partial charge on any atom is -0.333 e. The monoisotopic (exact) mass is 332 g/mol. The largest absolute Gasteiger partial charge is 0.333 e. The van der Waals surface area contributed by atoms with Crippen LogP contribution in [0.25, 0.3) is 11.0 Å². The summed E-state index contributed by atoms with van der Waals surface area (Å²) in [6, 6.07) is 8.82. The van der Waals surface area contributed by atoms with Crippen molar-refractivity contribution in [1.29, 1.82) is 0 Å². The van der Waals surface area contributed by atoms with Crippen LogP contribution in [0, 0.1) is 6.92 Å². The quantitative estimate of drug-likeness (QED) is 0.714. The van der Waals surface area contributed by atoms with Crippen LogP contribution >= 0.6 is 23.4 Å². The van der Waals surface area contributed by atoms with Crippen LogP contribution in [0.3, 0.4) is 0 Å². The first-order valence-corrected chi connectivity index (χ1v) is 8.15. The second-order valence-electron chi connectivity index (χ2n) is 4.71. The van der Waals surface area contributed by atoms with Gasteiger partial charge in [0.25, 0.3) is 5.91 Å². The molecule has 5 nitrogen and oxygen atoms in total. The van der Waals surface area contributed by atoms with Crippen LogP contribution < -0.4 is 5.32 Å². The molecule has 22 heavy (non-hydrogen) atoms. The second-order valence-corrected chi connectivity index (χ2v) is 5.92. The van der Waals surface area contributed by atoms with Gasteiger partial charge in [-0.25, -0.2) is 9.97 Å². The molecule has 3 aromatic rings. The van der Waals surface area contributed by atoms with Gasteiger partial charge in [-0.05, 0) is 37.4 Å². The Hall–Kier alpha value is -2.05. The number of hydrogen-bond donors (Lipinski definition) is 2. The Morgan fingerprint density at radius 3 is 2.86 bits per heavy atom. The van der Waals surface area contributed by atoms with Gasteiger partial charge in [0.05, 0.1) is 21.6 Å². The number of pyridine rings is 1. The number of hydrogen-bond acceptors (Lipinski definition) is 4. The highest BCUT2D eigenvalue weighted by Gasteiger charge is 2.14. The number of benzene rings is 1. The van der Waals surface area contributed by atoms with Crippen molar-refractivity contribution in [3.05, 3.63) is 46.6 Å². The third-order valence-corrected chi connectivity index (χ3v) is 4.01. The molecule has 0 atom stereocenters. The summed E-state index contributed by atoms with van der Waals surface area (Å²) in [5, 5.41) is 3.90. The number of carbonyl (C=O) groups excluding carboxylic acids is 1. The summed E-state index contributed by atoms with van der Waals surface area (Å²) in [5.41, 5.74) is 2.71. The first-order chi connectivity index (χ1) is 10.6. The highest BCUT2D eigenvalue weighted by atomic mass is 35.5. The zero-order chi connectivity index (χ0) is 15.7. The predicted molar refractivity (Wildman–Crippen MR) is 89.8 cm³/mol. The minimum atomic E-state index is -0.307. The Morgan fingerprint density at radius 1 is 1.32 bits per heavy atom. The molecular weight excluding hydrogens is 320 g/mol. The van der Waals surface area contributed by atoms with Gasteiger partial charge in [0.15, 0.2) is 5.16 Å². The van der Waals surface area contributed by atoms with Crippen molar-refractivity contribution in [2.75, 3.05) is 11.6 Å². The van der Waals surface area contributed by atoms with Crippen molar-refractivity contribution in [2.45, 2.75) is 12.1 Å². The number of nitrogens with one attached hydrogen (secondary N) is 2. The van der Waals surface area contributed by atoms with E-state index in [-0.39, 0.29) is 5.91 Å². The molecule has 0 saturated carbocycles. The normalized spacial score (nSPS) is 10.9. The van der Waals surface area contributed by atoms with Gasteiger partial charge in [0, 0.05) is 5.69 Å². The Kier molecular flexibility index (Phi) is 4.04. The molecule has 112 valence electrons. The van der Waals surface area contributed by atoms with Gasteiger partial charge < -0.3 is 10.3 Å². The molecule has 1 amide bonds. The zero-order valence-electron chi connectivity index (χ0n) is 12.0. The van der Waals surface area contributed by atoms with Crippen LogP contribution in [0.5, 0.6) is 0 Å². The first kappa shape index (κ1) is 14.9. The minimum absolute atomic E-state index is 0.307. The van der Waals surface area contributed by atoms with Crippen LogP contribution in [0.2, 0.25) is 5.02 Å². The number of amides is 1. The summed E-state index contributed by atoms with van der Waals surface area (Å²) in [7, 11) is 0. The van der Waals surface area contributed by atoms with Crippen molar-refractivity contribution in [3.8, 4) is 0 Å². The number of anilines is 1. The summed E-state index contributed by atoms with van der Waals surface area (Å²) in [5.74, 6) is 0.187. The number of nitrogens with zero attached hydrogens (tertiary/aromatic N) is 2. The molecule has 0 aliphatic rings. The van der Waals surface area contributed by atoms with Gasteiger partial charge in [-0.2, -0.15) is 0 Å². The van der Waals surface area contributed by atoms with Crippen LogP contribution in [-0.2, 0) is 0 Å². The fourth-order valence-electron chi connectivity index (χ4n) is 2.07.